The Morgan fingerprint density at radius 2 is 1.73 bits per heavy atom. The topological polar surface area (TPSA) is 115 Å². The standard InChI is InChI=1S/C24H22N2O7/c1-13-18(23(29)31-3)20(17-9-6-11-32-17)19(14(2)25-13)24(30)33-12-10-26-21(27)15-7-4-5-8-16(15)22(26)28/h4-9,11,18,20H,10,12H2,1-3H3. The number of hydrogen-bond acceptors (Lipinski definition) is 8. The summed E-state index contributed by atoms with van der Waals surface area (Å²) in [4.78, 5) is 56.0. The Morgan fingerprint density at radius 1 is 1.06 bits per heavy atom. The maximum absolute atomic E-state index is 13.1. The van der Waals surface area contributed by atoms with Gasteiger partial charge in [0.25, 0.3) is 11.8 Å². The zero-order valence-corrected chi connectivity index (χ0v) is 18.4. The number of allylic oxidation sites excluding steroid dienone is 1. The molecule has 9 nitrogen and oxygen atoms in total. The van der Waals surface area contributed by atoms with Crippen molar-refractivity contribution >= 4 is 29.5 Å². The molecule has 33 heavy (non-hydrogen) atoms. The first kappa shape index (κ1) is 22.2. The third-order valence-electron chi connectivity index (χ3n) is 5.78. The fraction of sp³-hybridized carbons (Fsp3) is 0.292. The molecule has 2 amide bonds. The number of hydrogen-bond donors (Lipinski definition) is 0. The number of esters is 2. The Labute approximate surface area is 189 Å². The van der Waals surface area contributed by atoms with E-state index in [0.29, 0.717) is 28.3 Å². The van der Waals surface area contributed by atoms with E-state index in [9.17, 15) is 19.2 Å². The van der Waals surface area contributed by atoms with E-state index in [4.69, 9.17) is 13.9 Å². The molecule has 0 N–H and O–H groups in total. The van der Waals surface area contributed by atoms with E-state index in [1.165, 1.54) is 13.4 Å². The Balaban J connectivity index is 1.53. The Morgan fingerprint density at radius 3 is 2.30 bits per heavy atom. The number of methoxy groups -OCH3 is 1. The number of benzene rings is 1. The number of imide groups is 1. The molecule has 0 saturated carbocycles. The van der Waals surface area contributed by atoms with Gasteiger partial charge in [-0.05, 0) is 38.1 Å². The highest BCUT2D eigenvalue weighted by Gasteiger charge is 2.44. The van der Waals surface area contributed by atoms with Crippen LogP contribution in [0.5, 0.6) is 0 Å². The quantitative estimate of drug-likeness (QED) is 0.491. The van der Waals surface area contributed by atoms with Crippen molar-refractivity contribution in [1.29, 1.82) is 0 Å². The van der Waals surface area contributed by atoms with E-state index in [1.807, 2.05) is 0 Å². The van der Waals surface area contributed by atoms with Crippen molar-refractivity contribution in [3.05, 3.63) is 70.8 Å². The summed E-state index contributed by atoms with van der Waals surface area (Å²) >= 11 is 0. The Kier molecular flexibility index (Phi) is 5.95. The van der Waals surface area contributed by atoms with E-state index in [0.717, 1.165) is 4.90 Å². The first-order valence-corrected chi connectivity index (χ1v) is 10.3. The molecule has 0 bridgehead atoms. The summed E-state index contributed by atoms with van der Waals surface area (Å²) in [6.07, 6.45) is 1.45. The van der Waals surface area contributed by atoms with Gasteiger partial charge in [-0.25, -0.2) is 4.79 Å². The SMILES string of the molecule is COC(=O)C1C(C)=NC(C)=C(C(=O)OCCN2C(=O)c3ccccc3C2=O)C1c1ccco1. The number of nitrogens with zero attached hydrogens (tertiary/aromatic N) is 2. The highest BCUT2D eigenvalue weighted by Crippen LogP contribution is 2.40. The van der Waals surface area contributed by atoms with Crippen molar-refractivity contribution in [2.75, 3.05) is 20.3 Å². The molecule has 0 radical (unpaired) electrons. The number of amides is 2. The molecule has 2 aromatic rings. The lowest BCUT2D eigenvalue weighted by Gasteiger charge is -2.29. The second kappa shape index (κ2) is 8.85. The lowest BCUT2D eigenvalue weighted by molar-refractivity contribution is -0.144. The second-order valence-corrected chi connectivity index (χ2v) is 7.69. The van der Waals surface area contributed by atoms with Crippen LogP contribution in [0.4, 0.5) is 0 Å². The number of fused-ring (bicyclic) bond motifs is 1. The molecule has 2 unspecified atom stereocenters. The van der Waals surface area contributed by atoms with Crippen molar-refractivity contribution in [2.45, 2.75) is 19.8 Å². The summed E-state index contributed by atoms with van der Waals surface area (Å²) in [5.74, 6) is -3.37. The van der Waals surface area contributed by atoms with Crippen molar-refractivity contribution in [3.8, 4) is 0 Å². The van der Waals surface area contributed by atoms with Crippen LogP contribution in [0.25, 0.3) is 0 Å². The third kappa shape index (κ3) is 3.86. The molecule has 2 aliphatic rings. The van der Waals surface area contributed by atoms with E-state index >= 15 is 0 Å². The van der Waals surface area contributed by atoms with Gasteiger partial charge in [-0.3, -0.25) is 24.3 Å². The molecule has 2 aliphatic heterocycles. The molecule has 0 saturated heterocycles. The van der Waals surface area contributed by atoms with Gasteiger partial charge < -0.3 is 13.9 Å². The lowest BCUT2D eigenvalue weighted by Crippen LogP contribution is -2.37. The van der Waals surface area contributed by atoms with Crippen LogP contribution in [0.1, 0.15) is 46.2 Å². The maximum Gasteiger partial charge on any atom is 0.336 e. The third-order valence-corrected chi connectivity index (χ3v) is 5.78. The molecule has 170 valence electrons. The molecule has 1 aromatic heterocycles. The van der Waals surface area contributed by atoms with Gasteiger partial charge >= 0.3 is 11.9 Å². The molecule has 3 heterocycles. The van der Waals surface area contributed by atoms with Gasteiger partial charge in [-0.2, -0.15) is 0 Å². The van der Waals surface area contributed by atoms with Gasteiger partial charge in [0.15, 0.2) is 0 Å². The Bertz CT molecular complexity index is 1160. The molecule has 0 spiro atoms. The summed E-state index contributed by atoms with van der Waals surface area (Å²) in [6.45, 7) is 3.02. The average Bonchev–Trinajstić information content (AvgIpc) is 3.41. The Hall–Kier alpha value is -4.01. The molecule has 2 atom stereocenters. The minimum absolute atomic E-state index is 0.0987. The highest BCUT2D eigenvalue weighted by atomic mass is 16.5. The smallest absolute Gasteiger partial charge is 0.336 e. The molecule has 0 fully saturated rings. The monoisotopic (exact) mass is 450 g/mol. The molecular formula is C24H22N2O7. The van der Waals surface area contributed by atoms with Gasteiger partial charge in [0.2, 0.25) is 0 Å². The van der Waals surface area contributed by atoms with Crippen LogP contribution in [-0.4, -0.2) is 54.6 Å². The van der Waals surface area contributed by atoms with Gasteiger partial charge in [0.1, 0.15) is 18.3 Å². The molecule has 0 aliphatic carbocycles. The molecular weight excluding hydrogens is 428 g/mol. The largest absolute Gasteiger partial charge is 0.469 e. The number of carbonyl (C=O) groups is 4. The van der Waals surface area contributed by atoms with Crippen LogP contribution >= 0.6 is 0 Å². The number of rotatable bonds is 6. The molecule has 9 heteroatoms. The number of furan rings is 1. The fourth-order valence-corrected chi connectivity index (χ4v) is 4.26. The minimum atomic E-state index is -0.858. The highest BCUT2D eigenvalue weighted by molar-refractivity contribution is 6.21. The summed E-state index contributed by atoms with van der Waals surface area (Å²) in [7, 11) is 1.26. The summed E-state index contributed by atoms with van der Waals surface area (Å²) in [5, 5.41) is 0. The van der Waals surface area contributed by atoms with Crippen molar-refractivity contribution < 1.29 is 33.1 Å². The summed E-state index contributed by atoms with van der Waals surface area (Å²) in [5.41, 5.74) is 1.68. The van der Waals surface area contributed by atoms with Gasteiger partial charge in [0.05, 0.1) is 42.5 Å². The van der Waals surface area contributed by atoms with E-state index in [-0.39, 0.29) is 18.7 Å². The van der Waals surface area contributed by atoms with E-state index in [1.54, 1.807) is 50.2 Å². The number of carbonyl (C=O) groups excluding carboxylic acids is 4. The average molecular weight is 450 g/mol. The van der Waals surface area contributed by atoms with E-state index in [2.05, 4.69) is 4.99 Å². The molecule has 1 aromatic carbocycles. The van der Waals surface area contributed by atoms with Gasteiger partial charge in [0, 0.05) is 11.4 Å². The van der Waals surface area contributed by atoms with Crippen LogP contribution < -0.4 is 0 Å². The van der Waals surface area contributed by atoms with Crippen molar-refractivity contribution in [3.63, 3.8) is 0 Å². The normalized spacial score (nSPS) is 20.0. The van der Waals surface area contributed by atoms with Crippen LogP contribution in [0.2, 0.25) is 0 Å². The first-order chi connectivity index (χ1) is 15.8. The first-order valence-electron chi connectivity index (χ1n) is 10.3. The van der Waals surface area contributed by atoms with E-state index < -0.39 is 35.6 Å². The predicted molar refractivity (Wildman–Crippen MR) is 116 cm³/mol. The lowest BCUT2D eigenvalue weighted by atomic mass is 9.78. The zero-order valence-electron chi connectivity index (χ0n) is 18.4. The molecule has 4 rings (SSSR count). The minimum Gasteiger partial charge on any atom is -0.469 e. The fourth-order valence-electron chi connectivity index (χ4n) is 4.26. The van der Waals surface area contributed by atoms with Crippen LogP contribution in [0.3, 0.4) is 0 Å². The van der Waals surface area contributed by atoms with Crippen LogP contribution in [-0.2, 0) is 19.1 Å². The van der Waals surface area contributed by atoms with Crippen LogP contribution in [0, 0.1) is 5.92 Å². The van der Waals surface area contributed by atoms with Crippen molar-refractivity contribution in [2.24, 2.45) is 10.9 Å². The second-order valence-electron chi connectivity index (χ2n) is 7.69. The van der Waals surface area contributed by atoms with Crippen LogP contribution in [0.15, 0.2) is 63.3 Å². The maximum atomic E-state index is 13.1. The number of ether oxygens (including phenoxy) is 2. The summed E-state index contributed by atoms with van der Waals surface area (Å²) < 4.78 is 15.9. The van der Waals surface area contributed by atoms with Gasteiger partial charge in [-0.1, -0.05) is 12.1 Å². The zero-order chi connectivity index (χ0) is 23.7. The predicted octanol–water partition coefficient (Wildman–Crippen LogP) is 2.74. The van der Waals surface area contributed by atoms with Gasteiger partial charge in [-0.15, -0.1) is 0 Å². The summed E-state index contributed by atoms with van der Waals surface area (Å²) in [6, 6.07) is 9.85. The van der Waals surface area contributed by atoms with Crippen molar-refractivity contribution in [1.82, 2.24) is 4.90 Å². The number of aliphatic imine (C=N–C) groups is 1.